The molecule has 0 aliphatic heterocycles. The molecule has 2 heterocycles. The summed E-state index contributed by atoms with van der Waals surface area (Å²) in [6.07, 6.45) is 5.86. The van der Waals surface area contributed by atoms with E-state index in [0.29, 0.717) is 26.9 Å². The number of nitrogens with one attached hydrogen (secondary N) is 2. The zero-order chi connectivity index (χ0) is 19.7. The summed E-state index contributed by atoms with van der Waals surface area (Å²) >= 11 is 7.30. The molecular weight excluding hydrogens is 398 g/mol. The predicted molar refractivity (Wildman–Crippen MR) is 110 cm³/mol. The molecule has 0 bridgehead atoms. The number of aromatic amines is 1. The molecular formula is C19H20ClN5O2S. The number of nitrogens with zero attached hydrogens (tertiary/aromatic N) is 3. The zero-order valence-corrected chi connectivity index (χ0v) is 16.9. The van der Waals surface area contributed by atoms with Gasteiger partial charge >= 0.3 is 0 Å². The predicted octanol–water partition coefficient (Wildman–Crippen LogP) is 3.30. The maximum atomic E-state index is 12.5. The Hall–Kier alpha value is -2.32. The van der Waals surface area contributed by atoms with Gasteiger partial charge in [0.1, 0.15) is 5.39 Å². The molecule has 9 heteroatoms. The van der Waals surface area contributed by atoms with Crippen molar-refractivity contribution >= 4 is 40.3 Å². The first-order valence-corrected chi connectivity index (χ1v) is 10.5. The van der Waals surface area contributed by atoms with E-state index >= 15 is 0 Å². The maximum Gasteiger partial charge on any atom is 0.262 e. The number of aromatic nitrogens is 4. The Morgan fingerprint density at radius 2 is 2.18 bits per heavy atom. The summed E-state index contributed by atoms with van der Waals surface area (Å²) in [4.78, 5) is 32.2. The highest BCUT2D eigenvalue weighted by Crippen LogP contribution is 2.24. The summed E-state index contributed by atoms with van der Waals surface area (Å²) in [5.41, 5.74) is 0.852. The van der Waals surface area contributed by atoms with Gasteiger partial charge in [-0.25, -0.2) is 9.67 Å². The minimum absolute atomic E-state index is 0.0389. The molecule has 0 unspecified atom stereocenters. The lowest BCUT2D eigenvalue weighted by Gasteiger charge is -2.15. The van der Waals surface area contributed by atoms with E-state index in [4.69, 9.17) is 11.6 Å². The minimum Gasteiger partial charge on any atom is -0.352 e. The van der Waals surface area contributed by atoms with Crippen molar-refractivity contribution in [2.45, 2.75) is 49.1 Å². The van der Waals surface area contributed by atoms with Crippen LogP contribution in [0.25, 0.3) is 16.7 Å². The topological polar surface area (TPSA) is 92.7 Å². The second-order valence-corrected chi connectivity index (χ2v) is 8.66. The molecule has 1 aliphatic carbocycles. The Balaban J connectivity index is 1.60. The minimum atomic E-state index is -0.372. The molecule has 146 valence electrons. The van der Waals surface area contributed by atoms with Gasteiger partial charge in [0.25, 0.3) is 5.56 Å². The Bertz CT molecular complexity index is 1070. The number of amides is 1. The summed E-state index contributed by atoms with van der Waals surface area (Å²) < 4.78 is 1.57. The van der Waals surface area contributed by atoms with Gasteiger partial charge in [0.2, 0.25) is 5.91 Å². The van der Waals surface area contributed by atoms with Crippen LogP contribution in [0.3, 0.4) is 0 Å². The fourth-order valence-corrected chi connectivity index (χ4v) is 4.35. The third-order valence-electron chi connectivity index (χ3n) is 4.83. The number of H-pyrrole nitrogens is 1. The number of rotatable bonds is 5. The molecule has 28 heavy (non-hydrogen) atoms. The first-order chi connectivity index (χ1) is 13.5. The molecule has 7 nitrogen and oxygen atoms in total. The molecule has 4 rings (SSSR count). The number of hydrogen-bond donors (Lipinski definition) is 2. The molecule has 1 atom stereocenters. The number of carbonyl (C=O) groups is 1. The Kier molecular flexibility index (Phi) is 5.41. The summed E-state index contributed by atoms with van der Waals surface area (Å²) in [6, 6.07) is 7.42. The second kappa shape index (κ2) is 7.97. The van der Waals surface area contributed by atoms with Crippen molar-refractivity contribution in [2.75, 3.05) is 0 Å². The van der Waals surface area contributed by atoms with Crippen LogP contribution in [-0.2, 0) is 4.79 Å². The number of halogens is 1. The number of benzene rings is 1. The molecule has 1 aromatic carbocycles. The fraction of sp³-hybridized carbons (Fsp3) is 0.368. The van der Waals surface area contributed by atoms with Crippen molar-refractivity contribution in [3.05, 3.63) is 45.8 Å². The lowest BCUT2D eigenvalue weighted by molar-refractivity contribution is -0.120. The van der Waals surface area contributed by atoms with Crippen molar-refractivity contribution < 1.29 is 4.79 Å². The van der Waals surface area contributed by atoms with Gasteiger partial charge < -0.3 is 10.3 Å². The van der Waals surface area contributed by atoms with Gasteiger partial charge in [-0.1, -0.05) is 42.3 Å². The SMILES string of the molecule is C[C@@H](Sc1nc2c(cnn2-c2cccc(Cl)c2)c(=O)[nH]1)C(=O)NC1CCCC1. The smallest absolute Gasteiger partial charge is 0.262 e. The molecule has 1 fully saturated rings. The largest absolute Gasteiger partial charge is 0.352 e. The third-order valence-corrected chi connectivity index (χ3v) is 6.05. The molecule has 2 N–H and O–H groups in total. The summed E-state index contributed by atoms with van der Waals surface area (Å²) in [5.74, 6) is -0.0389. The molecule has 0 saturated heterocycles. The molecule has 2 aromatic heterocycles. The highest BCUT2D eigenvalue weighted by molar-refractivity contribution is 8.00. The Morgan fingerprint density at radius 3 is 2.93 bits per heavy atom. The van der Waals surface area contributed by atoms with Crippen LogP contribution in [0.15, 0.2) is 40.4 Å². The van der Waals surface area contributed by atoms with Gasteiger partial charge in [-0.15, -0.1) is 0 Å². The van der Waals surface area contributed by atoms with Crippen molar-refractivity contribution in [3.63, 3.8) is 0 Å². The molecule has 0 spiro atoms. The van der Waals surface area contributed by atoms with E-state index in [1.54, 1.807) is 16.8 Å². The molecule has 3 aromatic rings. The van der Waals surface area contributed by atoms with E-state index < -0.39 is 0 Å². The maximum absolute atomic E-state index is 12.5. The van der Waals surface area contributed by atoms with Gasteiger partial charge in [-0.2, -0.15) is 5.10 Å². The highest BCUT2D eigenvalue weighted by atomic mass is 35.5. The standard InChI is InChI=1S/C19H20ClN5O2S/c1-11(17(26)22-13-6-2-3-7-13)28-19-23-16-15(18(27)24-19)10-21-25(16)14-8-4-5-12(20)9-14/h4-5,8-11,13H,2-3,6-7H2,1H3,(H,22,26)(H,23,24,27)/t11-/m1/s1. The number of carbonyl (C=O) groups excluding carboxylic acids is 1. The van der Waals surface area contributed by atoms with Crippen LogP contribution < -0.4 is 10.9 Å². The molecule has 0 radical (unpaired) electrons. The van der Waals surface area contributed by atoms with Crippen LogP contribution in [0.5, 0.6) is 0 Å². The lowest BCUT2D eigenvalue weighted by atomic mass is 10.2. The Morgan fingerprint density at radius 1 is 1.39 bits per heavy atom. The highest BCUT2D eigenvalue weighted by Gasteiger charge is 2.22. The van der Waals surface area contributed by atoms with E-state index in [9.17, 15) is 9.59 Å². The van der Waals surface area contributed by atoms with Gasteiger partial charge in [-0.05, 0) is 38.0 Å². The van der Waals surface area contributed by atoms with Crippen LogP contribution in [0, 0.1) is 0 Å². The normalized spacial score (nSPS) is 15.8. The first-order valence-electron chi connectivity index (χ1n) is 9.22. The quantitative estimate of drug-likeness (QED) is 0.490. The van der Waals surface area contributed by atoms with Crippen LogP contribution >= 0.6 is 23.4 Å². The van der Waals surface area contributed by atoms with Crippen molar-refractivity contribution in [3.8, 4) is 5.69 Å². The van der Waals surface area contributed by atoms with Crippen LogP contribution in [0.2, 0.25) is 5.02 Å². The van der Waals surface area contributed by atoms with Gasteiger partial charge in [0.15, 0.2) is 10.8 Å². The lowest BCUT2D eigenvalue weighted by Crippen LogP contribution is -2.37. The van der Waals surface area contributed by atoms with Crippen LogP contribution in [-0.4, -0.2) is 36.9 Å². The van der Waals surface area contributed by atoms with Crippen molar-refractivity contribution in [1.82, 2.24) is 25.1 Å². The van der Waals surface area contributed by atoms with E-state index in [1.807, 2.05) is 19.1 Å². The fourth-order valence-electron chi connectivity index (χ4n) is 3.36. The van der Waals surface area contributed by atoms with Crippen LogP contribution in [0.1, 0.15) is 32.6 Å². The third kappa shape index (κ3) is 3.93. The van der Waals surface area contributed by atoms with E-state index in [-0.39, 0.29) is 22.8 Å². The van der Waals surface area contributed by atoms with E-state index in [2.05, 4.69) is 20.4 Å². The van der Waals surface area contributed by atoms with Crippen molar-refractivity contribution in [1.29, 1.82) is 0 Å². The van der Waals surface area contributed by atoms with Crippen LogP contribution in [0.4, 0.5) is 0 Å². The summed E-state index contributed by atoms with van der Waals surface area (Å²) in [6.45, 7) is 1.81. The second-order valence-electron chi connectivity index (χ2n) is 6.89. The molecule has 1 amide bonds. The molecule has 1 saturated carbocycles. The summed E-state index contributed by atoms with van der Waals surface area (Å²) in [7, 11) is 0. The molecule has 1 aliphatic rings. The average molecular weight is 418 g/mol. The first kappa shape index (κ1) is 19.0. The monoisotopic (exact) mass is 417 g/mol. The summed E-state index contributed by atoms with van der Waals surface area (Å²) in [5, 5.41) is 8.32. The average Bonchev–Trinajstić information content (AvgIpc) is 3.31. The van der Waals surface area contributed by atoms with Gasteiger partial charge in [-0.3, -0.25) is 9.59 Å². The van der Waals surface area contributed by atoms with E-state index in [0.717, 1.165) is 25.7 Å². The Labute approximate surface area is 170 Å². The number of thioether (sulfide) groups is 1. The zero-order valence-electron chi connectivity index (χ0n) is 15.3. The number of hydrogen-bond acceptors (Lipinski definition) is 5. The van der Waals surface area contributed by atoms with E-state index in [1.165, 1.54) is 18.0 Å². The van der Waals surface area contributed by atoms with Gasteiger partial charge in [0, 0.05) is 11.1 Å². The van der Waals surface area contributed by atoms with Gasteiger partial charge in [0.05, 0.1) is 17.1 Å². The van der Waals surface area contributed by atoms with Crippen molar-refractivity contribution in [2.24, 2.45) is 0 Å². The number of fused-ring (bicyclic) bond motifs is 1.